The first kappa shape index (κ1) is 26.3. The maximum absolute atomic E-state index is 12.0. The minimum absolute atomic E-state index is 0.0716. The van der Waals surface area contributed by atoms with Gasteiger partial charge in [0.05, 0.1) is 16.6 Å². The van der Waals surface area contributed by atoms with E-state index in [2.05, 4.69) is 16.4 Å². The van der Waals surface area contributed by atoms with Crippen LogP contribution >= 0.6 is 0 Å². The van der Waals surface area contributed by atoms with Crippen LogP contribution in [0.1, 0.15) is 64.5 Å². The van der Waals surface area contributed by atoms with Crippen molar-refractivity contribution < 1.29 is 21.9 Å². The van der Waals surface area contributed by atoms with Gasteiger partial charge in [-0.1, -0.05) is 31.2 Å². The Kier molecular flexibility index (Phi) is 9.10. The van der Waals surface area contributed by atoms with Gasteiger partial charge in [-0.3, -0.25) is 0 Å². The molecule has 0 saturated heterocycles. The third-order valence-electron chi connectivity index (χ3n) is 6.50. The molecule has 1 aromatic rings. The molecule has 1 atom stereocenters. The molecule has 1 aromatic carbocycles. The lowest BCUT2D eigenvalue weighted by Crippen LogP contribution is -2.38. The van der Waals surface area contributed by atoms with Gasteiger partial charge in [0.25, 0.3) is 0 Å². The first-order valence-corrected chi connectivity index (χ1v) is 14.4. The zero-order valence-electron chi connectivity index (χ0n) is 19.1. The van der Waals surface area contributed by atoms with Crippen molar-refractivity contribution in [3.05, 3.63) is 35.4 Å². The average molecular weight is 475 g/mol. The minimum atomic E-state index is -3.26. The van der Waals surface area contributed by atoms with Crippen LogP contribution in [-0.2, 0) is 32.1 Å². The second kappa shape index (κ2) is 10.7. The van der Waals surface area contributed by atoms with E-state index in [-0.39, 0.29) is 11.7 Å². The van der Waals surface area contributed by atoms with Gasteiger partial charge in [0, 0.05) is 13.1 Å². The number of rotatable bonds is 11. The SMILES string of the molecule is CCS(=O)(=O)NCCc1ccc(C2(O)CCC(C(C)CNS(=O)(=O)C(C)C)CC2)cc1. The summed E-state index contributed by atoms with van der Waals surface area (Å²) in [6, 6.07) is 7.76. The molecule has 0 aliphatic heterocycles. The average Bonchev–Trinajstić information content (AvgIpc) is 2.73. The van der Waals surface area contributed by atoms with E-state index in [0.717, 1.165) is 24.0 Å². The molecule has 31 heavy (non-hydrogen) atoms. The third-order valence-corrected chi connectivity index (χ3v) is 9.71. The van der Waals surface area contributed by atoms with Gasteiger partial charge in [0.2, 0.25) is 20.0 Å². The van der Waals surface area contributed by atoms with Gasteiger partial charge in [0.1, 0.15) is 0 Å². The lowest BCUT2D eigenvalue weighted by Gasteiger charge is -2.38. The van der Waals surface area contributed by atoms with Crippen molar-refractivity contribution in [2.24, 2.45) is 11.8 Å². The Morgan fingerprint density at radius 1 is 1.03 bits per heavy atom. The van der Waals surface area contributed by atoms with E-state index in [9.17, 15) is 21.9 Å². The molecule has 178 valence electrons. The van der Waals surface area contributed by atoms with E-state index >= 15 is 0 Å². The molecule has 2 rings (SSSR count). The predicted molar refractivity (Wildman–Crippen MR) is 125 cm³/mol. The smallest absolute Gasteiger partial charge is 0.213 e. The fraction of sp³-hybridized carbons (Fsp3) is 0.727. The van der Waals surface area contributed by atoms with Crippen LogP contribution in [0.3, 0.4) is 0 Å². The fourth-order valence-electron chi connectivity index (χ4n) is 3.99. The van der Waals surface area contributed by atoms with Crippen LogP contribution in [0.5, 0.6) is 0 Å². The topological polar surface area (TPSA) is 113 Å². The number of nitrogens with one attached hydrogen (secondary N) is 2. The molecule has 9 heteroatoms. The Balaban J connectivity index is 1.87. The molecule has 7 nitrogen and oxygen atoms in total. The summed E-state index contributed by atoms with van der Waals surface area (Å²) in [6.45, 7) is 7.81. The second-order valence-electron chi connectivity index (χ2n) is 9.03. The van der Waals surface area contributed by atoms with Gasteiger partial charge in [-0.05, 0) is 75.8 Å². The van der Waals surface area contributed by atoms with Gasteiger partial charge in [-0.25, -0.2) is 26.3 Å². The van der Waals surface area contributed by atoms with Gasteiger partial charge >= 0.3 is 0 Å². The normalized spacial score (nSPS) is 23.7. The van der Waals surface area contributed by atoms with E-state index in [1.54, 1.807) is 20.8 Å². The Morgan fingerprint density at radius 3 is 2.13 bits per heavy atom. The number of hydrogen-bond donors (Lipinski definition) is 3. The summed E-state index contributed by atoms with van der Waals surface area (Å²) in [5, 5.41) is 10.7. The highest BCUT2D eigenvalue weighted by Crippen LogP contribution is 2.41. The van der Waals surface area contributed by atoms with Crippen molar-refractivity contribution >= 4 is 20.0 Å². The lowest BCUT2D eigenvalue weighted by atomic mass is 9.71. The molecule has 0 bridgehead atoms. The van der Waals surface area contributed by atoms with Crippen molar-refractivity contribution in [1.82, 2.24) is 9.44 Å². The van der Waals surface area contributed by atoms with E-state index in [1.807, 2.05) is 24.3 Å². The highest BCUT2D eigenvalue weighted by Gasteiger charge is 2.36. The van der Waals surface area contributed by atoms with Gasteiger partial charge in [-0.15, -0.1) is 0 Å². The predicted octanol–water partition coefficient (Wildman–Crippen LogP) is 2.51. The Labute approximate surface area is 188 Å². The molecule has 0 aromatic heterocycles. The van der Waals surface area contributed by atoms with Crippen LogP contribution in [0.15, 0.2) is 24.3 Å². The summed E-state index contributed by atoms with van der Waals surface area (Å²) < 4.78 is 52.2. The number of benzene rings is 1. The number of hydrogen-bond acceptors (Lipinski definition) is 5. The number of sulfonamides is 2. The molecule has 0 amide bonds. The molecule has 3 N–H and O–H groups in total. The summed E-state index contributed by atoms with van der Waals surface area (Å²) >= 11 is 0. The quantitative estimate of drug-likeness (QED) is 0.456. The minimum Gasteiger partial charge on any atom is -0.385 e. The maximum atomic E-state index is 12.0. The van der Waals surface area contributed by atoms with Crippen LogP contribution in [0.4, 0.5) is 0 Å². The first-order valence-electron chi connectivity index (χ1n) is 11.2. The zero-order valence-corrected chi connectivity index (χ0v) is 20.7. The van der Waals surface area contributed by atoms with Crippen molar-refractivity contribution in [3.8, 4) is 0 Å². The summed E-state index contributed by atoms with van der Waals surface area (Å²) in [6.07, 6.45) is 3.59. The Morgan fingerprint density at radius 2 is 1.61 bits per heavy atom. The Bertz CT molecular complexity index is 904. The zero-order chi connectivity index (χ0) is 23.3. The van der Waals surface area contributed by atoms with Crippen molar-refractivity contribution in [3.63, 3.8) is 0 Å². The molecule has 1 aliphatic rings. The van der Waals surface area contributed by atoms with Gasteiger partial charge < -0.3 is 5.11 Å². The largest absolute Gasteiger partial charge is 0.385 e. The molecule has 0 spiro atoms. The fourth-order valence-corrected chi connectivity index (χ4v) is 5.44. The summed E-state index contributed by atoms with van der Waals surface area (Å²) in [5.41, 5.74) is 1.04. The monoisotopic (exact) mass is 474 g/mol. The van der Waals surface area contributed by atoms with Crippen LogP contribution in [0, 0.1) is 11.8 Å². The molecule has 0 heterocycles. The molecule has 1 unspecified atom stereocenters. The standard InChI is InChI=1S/C22H38N2O5S2/c1-5-30(26,27)23-15-12-19-6-8-21(9-7-19)22(25)13-10-20(11-14-22)18(4)16-24-31(28,29)17(2)3/h6-9,17-18,20,23-25H,5,10-16H2,1-4H3. The maximum Gasteiger partial charge on any atom is 0.213 e. The lowest BCUT2D eigenvalue weighted by molar-refractivity contribution is -0.0207. The second-order valence-corrected chi connectivity index (χ2v) is 13.5. The third kappa shape index (κ3) is 7.53. The van der Waals surface area contributed by atoms with Crippen LogP contribution in [0.2, 0.25) is 0 Å². The van der Waals surface area contributed by atoms with E-state index < -0.39 is 30.9 Å². The van der Waals surface area contributed by atoms with Crippen molar-refractivity contribution in [2.75, 3.05) is 18.8 Å². The van der Waals surface area contributed by atoms with Crippen molar-refractivity contribution in [2.45, 2.75) is 70.7 Å². The molecule has 1 aliphatic carbocycles. The molecule has 0 radical (unpaired) electrons. The number of aliphatic hydroxyl groups is 1. The molecular weight excluding hydrogens is 436 g/mol. The highest BCUT2D eigenvalue weighted by molar-refractivity contribution is 7.90. The first-order chi connectivity index (χ1) is 14.4. The highest BCUT2D eigenvalue weighted by atomic mass is 32.2. The van der Waals surface area contributed by atoms with Crippen LogP contribution in [0.25, 0.3) is 0 Å². The van der Waals surface area contributed by atoms with Crippen molar-refractivity contribution in [1.29, 1.82) is 0 Å². The van der Waals surface area contributed by atoms with Gasteiger partial charge in [0.15, 0.2) is 0 Å². The summed E-state index contributed by atoms with van der Waals surface area (Å²) in [4.78, 5) is 0. The molecule has 1 saturated carbocycles. The summed E-state index contributed by atoms with van der Waals surface area (Å²) in [5.74, 6) is 0.663. The molecular formula is C22H38N2O5S2. The van der Waals surface area contributed by atoms with E-state index in [4.69, 9.17) is 0 Å². The van der Waals surface area contributed by atoms with Crippen LogP contribution in [-0.4, -0.2) is 46.0 Å². The van der Waals surface area contributed by atoms with Crippen LogP contribution < -0.4 is 9.44 Å². The summed E-state index contributed by atoms with van der Waals surface area (Å²) in [7, 11) is -6.44. The van der Waals surface area contributed by atoms with E-state index in [1.165, 1.54) is 0 Å². The molecule has 1 fully saturated rings. The van der Waals surface area contributed by atoms with Gasteiger partial charge in [-0.2, -0.15) is 0 Å². The van der Waals surface area contributed by atoms with E-state index in [0.29, 0.717) is 38.3 Å². The Hall–Kier alpha value is -1.00.